The number of sulfonamides is 1. The second-order valence-electron chi connectivity index (χ2n) is 7.03. The molecular weight excluding hydrogens is 518 g/mol. The summed E-state index contributed by atoms with van der Waals surface area (Å²) in [6, 6.07) is 13.8. The Morgan fingerprint density at radius 2 is 1.77 bits per heavy atom. The smallest absolute Gasteiger partial charge is 0.216 e. The van der Waals surface area contributed by atoms with Crippen molar-refractivity contribution in [2.45, 2.75) is 38.6 Å². The van der Waals surface area contributed by atoms with Gasteiger partial charge in [-0.3, -0.25) is 4.99 Å². The fourth-order valence-corrected chi connectivity index (χ4v) is 4.39. The third-order valence-electron chi connectivity index (χ3n) is 4.14. The van der Waals surface area contributed by atoms with Crippen molar-refractivity contribution >= 4 is 40.0 Å². The van der Waals surface area contributed by atoms with Crippen molar-refractivity contribution in [2.24, 2.45) is 4.99 Å². The quantitative estimate of drug-likeness (QED) is 0.256. The number of nitrogens with zero attached hydrogens (tertiary/aromatic N) is 1. The molecule has 166 valence electrons. The molecule has 0 atom stereocenters. The molecule has 0 spiro atoms. The minimum absolute atomic E-state index is 0. The number of nitrogens with one attached hydrogen (secondary N) is 3. The Hall–Kier alpha value is -1.72. The van der Waals surface area contributed by atoms with E-state index in [1.165, 1.54) is 12.1 Å². The van der Waals surface area contributed by atoms with Gasteiger partial charge in [0.15, 0.2) is 5.96 Å². The van der Waals surface area contributed by atoms with Gasteiger partial charge < -0.3 is 10.6 Å². The van der Waals surface area contributed by atoms with E-state index in [1.807, 2.05) is 30.3 Å². The third kappa shape index (κ3) is 9.40. The molecule has 0 radical (unpaired) electrons. The molecule has 3 N–H and O–H groups in total. The second kappa shape index (κ2) is 12.9. The number of benzene rings is 2. The normalized spacial score (nSPS) is 11.8. The Balaban J connectivity index is 0.00000450. The van der Waals surface area contributed by atoms with Crippen molar-refractivity contribution in [3.63, 3.8) is 0 Å². The van der Waals surface area contributed by atoms with Crippen LogP contribution in [0.5, 0.6) is 0 Å². The molecule has 6 nitrogen and oxygen atoms in total. The van der Waals surface area contributed by atoms with Crippen molar-refractivity contribution in [1.29, 1.82) is 0 Å². The third-order valence-corrected chi connectivity index (χ3v) is 5.67. The van der Waals surface area contributed by atoms with Gasteiger partial charge in [-0.1, -0.05) is 36.4 Å². The van der Waals surface area contributed by atoms with E-state index in [9.17, 15) is 12.8 Å². The molecule has 0 saturated carbocycles. The zero-order valence-electron chi connectivity index (χ0n) is 17.5. The maximum atomic E-state index is 13.2. The summed E-state index contributed by atoms with van der Waals surface area (Å²) < 4.78 is 40.4. The Morgan fingerprint density at radius 3 is 2.40 bits per heavy atom. The van der Waals surface area contributed by atoms with Crippen LogP contribution in [-0.4, -0.2) is 34.0 Å². The number of hydrogen-bond donors (Lipinski definition) is 3. The predicted molar refractivity (Wildman–Crippen MR) is 131 cm³/mol. The first kappa shape index (κ1) is 26.3. The van der Waals surface area contributed by atoms with Crippen LogP contribution in [0.15, 0.2) is 53.5 Å². The molecule has 0 saturated heterocycles. The number of rotatable bonds is 9. The Bertz CT molecular complexity index is 936. The Kier molecular flexibility index (Phi) is 11.3. The van der Waals surface area contributed by atoms with E-state index in [1.54, 1.807) is 27.0 Å². The van der Waals surface area contributed by atoms with Gasteiger partial charge in [0.1, 0.15) is 5.82 Å². The van der Waals surface area contributed by atoms with Gasteiger partial charge in [0, 0.05) is 26.2 Å². The SMILES string of the molecule is CN=C(NCCc1cccc(F)c1)NCc1ccccc1CS(=O)(=O)NC(C)C.I. The van der Waals surface area contributed by atoms with Crippen LogP contribution in [0.3, 0.4) is 0 Å². The minimum Gasteiger partial charge on any atom is -0.356 e. The maximum Gasteiger partial charge on any atom is 0.216 e. The summed E-state index contributed by atoms with van der Waals surface area (Å²) in [7, 11) is -1.74. The van der Waals surface area contributed by atoms with Crippen LogP contribution in [0, 0.1) is 5.82 Å². The van der Waals surface area contributed by atoms with E-state index in [4.69, 9.17) is 0 Å². The first-order valence-corrected chi connectivity index (χ1v) is 11.2. The molecule has 2 rings (SSSR count). The first-order valence-electron chi connectivity index (χ1n) is 9.55. The molecule has 0 bridgehead atoms. The van der Waals surface area contributed by atoms with Gasteiger partial charge >= 0.3 is 0 Å². The summed E-state index contributed by atoms with van der Waals surface area (Å²) in [5.41, 5.74) is 2.53. The summed E-state index contributed by atoms with van der Waals surface area (Å²) in [4.78, 5) is 4.19. The molecular formula is C21H30FIN4O2S. The van der Waals surface area contributed by atoms with Crippen LogP contribution in [0.1, 0.15) is 30.5 Å². The second-order valence-corrected chi connectivity index (χ2v) is 8.79. The fraction of sp³-hybridized carbons (Fsp3) is 0.381. The average Bonchev–Trinajstić information content (AvgIpc) is 2.64. The van der Waals surface area contributed by atoms with Gasteiger partial charge in [0.25, 0.3) is 0 Å². The van der Waals surface area contributed by atoms with E-state index in [0.29, 0.717) is 25.5 Å². The number of halogens is 2. The van der Waals surface area contributed by atoms with E-state index in [2.05, 4.69) is 20.3 Å². The molecule has 0 amide bonds. The van der Waals surface area contributed by atoms with Crippen LogP contribution >= 0.6 is 24.0 Å². The molecule has 2 aromatic rings. The standard InChI is InChI=1S/C21H29FN4O2S.HI/c1-16(2)26-29(27,28)15-19-9-5-4-8-18(19)14-25-21(23-3)24-12-11-17-7-6-10-20(22)13-17;/h4-10,13,16,26H,11-12,14-15H2,1-3H3,(H2,23,24,25);1H. The molecule has 30 heavy (non-hydrogen) atoms. The van der Waals surface area contributed by atoms with E-state index in [0.717, 1.165) is 16.7 Å². The summed E-state index contributed by atoms with van der Waals surface area (Å²) in [6.07, 6.45) is 0.661. The molecule has 2 aromatic carbocycles. The van der Waals surface area contributed by atoms with Crippen molar-refractivity contribution < 1.29 is 12.8 Å². The van der Waals surface area contributed by atoms with Crippen LogP contribution in [0.2, 0.25) is 0 Å². The lowest BCUT2D eigenvalue weighted by molar-refractivity contribution is 0.568. The van der Waals surface area contributed by atoms with Gasteiger partial charge in [-0.25, -0.2) is 17.5 Å². The zero-order valence-corrected chi connectivity index (χ0v) is 20.6. The average molecular weight is 548 g/mol. The first-order chi connectivity index (χ1) is 13.8. The number of hydrogen-bond acceptors (Lipinski definition) is 3. The lowest BCUT2D eigenvalue weighted by Gasteiger charge is -2.15. The molecule has 0 heterocycles. The van der Waals surface area contributed by atoms with Crippen molar-refractivity contribution in [1.82, 2.24) is 15.4 Å². The van der Waals surface area contributed by atoms with E-state index in [-0.39, 0.29) is 41.6 Å². The largest absolute Gasteiger partial charge is 0.356 e. The monoisotopic (exact) mass is 548 g/mol. The summed E-state index contributed by atoms with van der Waals surface area (Å²) in [6.45, 7) is 4.62. The van der Waals surface area contributed by atoms with Crippen LogP contribution < -0.4 is 15.4 Å². The molecule has 0 fully saturated rings. The van der Waals surface area contributed by atoms with Gasteiger partial charge in [0.05, 0.1) is 5.75 Å². The molecule has 0 aliphatic heterocycles. The molecule has 0 aliphatic carbocycles. The van der Waals surface area contributed by atoms with Crippen molar-refractivity contribution in [3.05, 3.63) is 71.0 Å². The highest BCUT2D eigenvalue weighted by Gasteiger charge is 2.15. The fourth-order valence-electron chi connectivity index (χ4n) is 2.89. The molecule has 0 unspecified atom stereocenters. The zero-order chi connectivity index (χ0) is 21.3. The highest BCUT2D eigenvalue weighted by molar-refractivity contribution is 14.0. The van der Waals surface area contributed by atoms with Crippen molar-refractivity contribution in [3.8, 4) is 0 Å². The van der Waals surface area contributed by atoms with E-state index < -0.39 is 10.0 Å². The minimum atomic E-state index is -3.40. The highest BCUT2D eigenvalue weighted by atomic mass is 127. The molecule has 0 aliphatic rings. The maximum absolute atomic E-state index is 13.2. The van der Waals surface area contributed by atoms with Crippen molar-refractivity contribution in [2.75, 3.05) is 13.6 Å². The Labute approximate surface area is 195 Å². The topological polar surface area (TPSA) is 82.6 Å². The van der Waals surface area contributed by atoms with Gasteiger partial charge in [0.2, 0.25) is 10.0 Å². The number of aliphatic imine (C=N–C) groups is 1. The van der Waals surface area contributed by atoms with Crippen LogP contribution in [0.25, 0.3) is 0 Å². The van der Waals surface area contributed by atoms with Gasteiger partial charge in [-0.15, -0.1) is 24.0 Å². The summed E-state index contributed by atoms with van der Waals surface area (Å²) in [5.74, 6) is 0.275. The Morgan fingerprint density at radius 1 is 1.07 bits per heavy atom. The lowest BCUT2D eigenvalue weighted by atomic mass is 10.1. The highest BCUT2D eigenvalue weighted by Crippen LogP contribution is 2.12. The van der Waals surface area contributed by atoms with Gasteiger partial charge in [-0.05, 0) is 49.1 Å². The van der Waals surface area contributed by atoms with Crippen LogP contribution in [-0.2, 0) is 28.7 Å². The molecule has 9 heteroatoms. The van der Waals surface area contributed by atoms with E-state index >= 15 is 0 Å². The summed E-state index contributed by atoms with van der Waals surface area (Å²) in [5, 5.41) is 6.39. The van der Waals surface area contributed by atoms with Crippen LogP contribution in [0.4, 0.5) is 4.39 Å². The molecule has 0 aromatic heterocycles. The lowest BCUT2D eigenvalue weighted by Crippen LogP contribution is -2.38. The number of guanidine groups is 1. The predicted octanol–water partition coefficient (Wildman–Crippen LogP) is 3.18. The van der Waals surface area contributed by atoms with Gasteiger partial charge in [-0.2, -0.15) is 0 Å². The summed E-state index contributed by atoms with van der Waals surface area (Å²) >= 11 is 0.